The van der Waals surface area contributed by atoms with Gasteiger partial charge in [-0.3, -0.25) is 10.0 Å². The number of hydroxylamine groups is 2. The van der Waals surface area contributed by atoms with Crippen molar-refractivity contribution in [2.45, 2.75) is 51.2 Å². The predicted molar refractivity (Wildman–Crippen MR) is 136 cm³/mol. The van der Waals surface area contributed by atoms with Crippen LogP contribution in [0.25, 0.3) is 0 Å². The summed E-state index contributed by atoms with van der Waals surface area (Å²) in [5.74, 6) is 5.15. The van der Waals surface area contributed by atoms with E-state index in [9.17, 15) is 10.0 Å². The van der Waals surface area contributed by atoms with Gasteiger partial charge in [-0.05, 0) is 54.7 Å². The lowest BCUT2D eigenvalue weighted by atomic mass is 9.87. The third-order valence-electron chi connectivity index (χ3n) is 6.25. The van der Waals surface area contributed by atoms with Gasteiger partial charge in [0.15, 0.2) is 23.0 Å². The quantitative estimate of drug-likeness (QED) is 0.209. The fraction of sp³-hybridized carbons (Fsp3) is 0.464. The zero-order chi connectivity index (χ0) is 27.0. The Bertz CT molecular complexity index is 1130. The van der Waals surface area contributed by atoms with E-state index in [1.807, 2.05) is 37.3 Å². The number of hydrogen-bond acceptors (Lipinski definition) is 8. The van der Waals surface area contributed by atoms with Gasteiger partial charge in [0.05, 0.1) is 41.2 Å². The number of ether oxygens (including phenoxy) is 6. The lowest BCUT2D eigenvalue weighted by Gasteiger charge is -2.29. The average Bonchev–Trinajstić information content (AvgIpc) is 3.36. The highest BCUT2D eigenvalue weighted by Crippen LogP contribution is 2.51. The standard InChI is InChI=1S/C28H35NO8/c1-7-15-36-23-10-9-21(18-24(23)32-3)28(12-8-14-29(31)19(2)30)13-11-22(37-28)20-16-25(33-4)27(35-6)26(17-20)34-5/h9-10,16-18,22,31H,7,11-13,15H2,1-6H3. The molecule has 1 fully saturated rings. The van der Waals surface area contributed by atoms with Crippen LogP contribution in [0.2, 0.25) is 0 Å². The first kappa shape index (κ1) is 28.0. The molecule has 1 amide bonds. The van der Waals surface area contributed by atoms with Crippen molar-refractivity contribution in [3.8, 4) is 40.7 Å². The fourth-order valence-electron chi connectivity index (χ4n) is 4.34. The lowest BCUT2D eigenvalue weighted by molar-refractivity contribution is -0.149. The van der Waals surface area contributed by atoms with Crippen LogP contribution in [-0.2, 0) is 15.1 Å². The molecule has 0 bridgehead atoms. The Kier molecular flexibility index (Phi) is 9.50. The molecule has 2 aromatic rings. The van der Waals surface area contributed by atoms with Crippen molar-refractivity contribution < 1.29 is 38.4 Å². The van der Waals surface area contributed by atoms with E-state index in [1.54, 1.807) is 28.4 Å². The van der Waals surface area contributed by atoms with Gasteiger partial charge in [-0.2, -0.15) is 0 Å². The third kappa shape index (κ3) is 6.21. The first-order valence-electron chi connectivity index (χ1n) is 12.1. The van der Waals surface area contributed by atoms with E-state index >= 15 is 0 Å². The summed E-state index contributed by atoms with van der Waals surface area (Å²) in [5, 5.41) is 10.1. The molecule has 9 nitrogen and oxygen atoms in total. The molecule has 1 N–H and O–H groups in total. The molecular formula is C28H35NO8. The van der Waals surface area contributed by atoms with Gasteiger partial charge in [0.1, 0.15) is 5.60 Å². The molecule has 1 saturated heterocycles. The Hall–Kier alpha value is -3.61. The maximum absolute atomic E-state index is 11.4. The summed E-state index contributed by atoms with van der Waals surface area (Å²) in [6.45, 7) is 3.84. The minimum absolute atomic E-state index is 0.233. The zero-order valence-corrected chi connectivity index (χ0v) is 22.3. The van der Waals surface area contributed by atoms with E-state index in [-0.39, 0.29) is 12.5 Å². The van der Waals surface area contributed by atoms with Crippen molar-refractivity contribution in [2.75, 3.05) is 35.0 Å². The molecule has 2 aromatic carbocycles. The van der Waals surface area contributed by atoms with Crippen LogP contribution in [0.3, 0.4) is 0 Å². The molecule has 0 aromatic heterocycles. The van der Waals surface area contributed by atoms with Crippen LogP contribution in [0.1, 0.15) is 56.8 Å². The van der Waals surface area contributed by atoms with Crippen LogP contribution in [0.15, 0.2) is 30.3 Å². The van der Waals surface area contributed by atoms with Crippen LogP contribution in [0.4, 0.5) is 0 Å². The van der Waals surface area contributed by atoms with Gasteiger partial charge in [-0.25, -0.2) is 0 Å². The van der Waals surface area contributed by atoms with E-state index in [0.717, 1.165) is 17.5 Å². The van der Waals surface area contributed by atoms with Crippen LogP contribution in [0, 0.1) is 12.0 Å². The summed E-state index contributed by atoms with van der Waals surface area (Å²) in [6.07, 6.45) is 2.13. The smallest absolute Gasteiger partial charge is 0.255 e. The molecule has 3 rings (SSSR count). The summed E-state index contributed by atoms with van der Waals surface area (Å²) >= 11 is 0. The van der Waals surface area contributed by atoms with Gasteiger partial charge >= 0.3 is 0 Å². The van der Waals surface area contributed by atoms with E-state index in [2.05, 4.69) is 12.0 Å². The fourth-order valence-corrected chi connectivity index (χ4v) is 4.34. The molecular weight excluding hydrogens is 478 g/mol. The van der Waals surface area contributed by atoms with E-state index in [4.69, 9.17) is 28.4 Å². The molecule has 0 saturated carbocycles. The molecule has 9 heteroatoms. The number of carbonyl (C=O) groups is 1. The van der Waals surface area contributed by atoms with Crippen molar-refractivity contribution in [1.29, 1.82) is 0 Å². The second-order valence-corrected chi connectivity index (χ2v) is 8.61. The monoisotopic (exact) mass is 513 g/mol. The largest absolute Gasteiger partial charge is 0.493 e. The Morgan fingerprint density at radius 3 is 2.30 bits per heavy atom. The van der Waals surface area contributed by atoms with Gasteiger partial charge in [0, 0.05) is 19.4 Å². The number of amides is 1. The molecule has 2 atom stereocenters. The number of carbonyl (C=O) groups excluding carboxylic acids is 1. The van der Waals surface area contributed by atoms with Gasteiger partial charge < -0.3 is 28.4 Å². The predicted octanol–water partition coefficient (Wildman–Crippen LogP) is 4.85. The second kappa shape index (κ2) is 12.6. The Balaban J connectivity index is 2.02. The maximum atomic E-state index is 11.4. The molecule has 0 spiro atoms. The first-order valence-corrected chi connectivity index (χ1v) is 12.1. The molecule has 1 aliphatic heterocycles. The number of nitrogens with zero attached hydrogens (tertiary/aromatic N) is 1. The molecule has 1 aliphatic rings. The highest BCUT2D eigenvalue weighted by Gasteiger charge is 2.43. The highest BCUT2D eigenvalue weighted by molar-refractivity contribution is 5.73. The molecule has 1 heterocycles. The molecule has 37 heavy (non-hydrogen) atoms. The van der Waals surface area contributed by atoms with Crippen molar-refractivity contribution in [3.63, 3.8) is 0 Å². The van der Waals surface area contributed by atoms with Gasteiger partial charge in [-0.15, -0.1) is 5.06 Å². The summed E-state index contributed by atoms with van der Waals surface area (Å²) in [5.41, 5.74) is 0.892. The van der Waals surface area contributed by atoms with Crippen molar-refractivity contribution in [2.24, 2.45) is 0 Å². The zero-order valence-electron chi connectivity index (χ0n) is 22.3. The number of methoxy groups -OCH3 is 4. The normalized spacial score (nSPS) is 18.4. The number of rotatable bonds is 10. The van der Waals surface area contributed by atoms with E-state index < -0.39 is 11.5 Å². The summed E-state index contributed by atoms with van der Waals surface area (Å²) < 4.78 is 34.7. The molecule has 200 valence electrons. The van der Waals surface area contributed by atoms with E-state index in [0.29, 0.717) is 53.3 Å². The van der Waals surface area contributed by atoms with Crippen LogP contribution in [-0.4, -0.2) is 51.2 Å². The first-order chi connectivity index (χ1) is 17.8. The van der Waals surface area contributed by atoms with E-state index in [1.165, 1.54) is 6.92 Å². The number of benzene rings is 2. The SMILES string of the molecule is CCCOc1ccc(C2(CC#CN(O)C(C)=O)CCC(c3cc(OC)c(OC)c(OC)c3)O2)cc1OC. The average molecular weight is 514 g/mol. The molecule has 0 radical (unpaired) electrons. The van der Waals surface area contributed by atoms with Gasteiger partial charge in [0.2, 0.25) is 5.75 Å². The third-order valence-corrected chi connectivity index (χ3v) is 6.25. The van der Waals surface area contributed by atoms with Crippen molar-refractivity contribution in [3.05, 3.63) is 41.5 Å². The minimum atomic E-state index is -0.827. The molecule has 0 aliphatic carbocycles. The van der Waals surface area contributed by atoms with Crippen molar-refractivity contribution >= 4 is 5.91 Å². The summed E-state index contributed by atoms with van der Waals surface area (Å²) in [6, 6.07) is 11.9. The van der Waals surface area contributed by atoms with Crippen LogP contribution >= 0.6 is 0 Å². The summed E-state index contributed by atoms with van der Waals surface area (Å²) in [7, 11) is 6.29. The highest BCUT2D eigenvalue weighted by atomic mass is 16.5. The van der Waals surface area contributed by atoms with Crippen molar-refractivity contribution in [1.82, 2.24) is 5.06 Å². The lowest BCUT2D eigenvalue weighted by Crippen LogP contribution is -2.25. The Labute approximate surface area is 218 Å². The second-order valence-electron chi connectivity index (χ2n) is 8.61. The number of hydrogen-bond donors (Lipinski definition) is 1. The topological polar surface area (TPSA) is 95.9 Å². The maximum Gasteiger partial charge on any atom is 0.255 e. The van der Waals surface area contributed by atoms with Crippen LogP contribution < -0.4 is 23.7 Å². The Morgan fingerprint density at radius 1 is 1.05 bits per heavy atom. The van der Waals surface area contributed by atoms with Gasteiger partial charge in [0.25, 0.3) is 5.91 Å². The Morgan fingerprint density at radius 2 is 1.73 bits per heavy atom. The van der Waals surface area contributed by atoms with Crippen LogP contribution in [0.5, 0.6) is 28.7 Å². The minimum Gasteiger partial charge on any atom is -0.493 e. The molecule has 2 unspecified atom stereocenters. The summed E-state index contributed by atoms with van der Waals surface area (Å²) in [4.78, 5) is 11.4. The van der Waals surface area contributed by atoms with Gasteiger partial charge in [-0.1, -0.05) is 18.9 Å².